The molecule has 1 rings (SSSR count). The van der Waals surface area contributed by atoms with Gasteiger partial charge in [-0.15, -0.1) is 0 Å². The highest BCUT2D eigenvalue weighted by atomic mass is 16.5. The molecule has 0 spiro atoms. The summed E-state index contributed by atoms with van der Waals surface area (Å²) in [5.74, 6) is 0.152. The van der Waals surface area contributed by atoms with E-state index in [2.05, 4.69) is 6.92 Å². The van der Waals surface area contributed by atoms with Crippen molar-refractivity contribution in [2.75, 3.05) is 6.61 Å². The number of rotatable bonds is 5. The predicted octanol–water partition coefficient (Wildman–Crippen LogP) is 3.52. The Morgan fingerprint density at radius 3 is 2.24 bits per heavy atom. The Labute approximate surface area is 103 Å². The summed E-state index contributed by atoms with van der Waals surface area (Å²) in [6.07, 6.45) is 4.64. The molecular formula is C14H22O3. The Morgan fingerprint density at radius 2 is 1.82 bits per heavy atom. The maximum absolute atomic E-state index is 10.3. The Hall–Kier alpha value is -1.51. The SMILES string of the molecule is CCCCCCOC(C)=O.Oc1ccccc1. The molecule has 0 amide bonds. The summed E-state index contributed by atoms with van der Waals surface area (Å²) in [6, 6.07) is 8.71. The highest BCUT2D eigenvalue weighted by molar-refractivity contribution is 5.65. The number of phenols is 1. The topological polar surface area (TPSA) is 46.5 Å². The number of aromatic hydroxyl groups is 1. The highest BCUT2D eigenvalue weighted by Crippen LogP contribution is 2.02. The molecule has 3 heteroatoms. The van der Waals surface area contributed by atoms with E-state index in [0.29, 0.717) is 12.4 Å². The van der Waals surface area contributed by atoms with Crippen LogP contribution >= 0.6 is 0 Å². The van der Waals surface area contributed by atoms with Gasteiger partial charge in [0.2, 0.25) is 0 Å². The number of esters is 1. The second-order valence-electron chi connectivity index (χ2n) is 3.74. The molecule has 1 N–H and O–H groups in total. The van der Waals surface area contributed by atoms with Crippen molar-refractivity contribution in [3.05, 3.63) is 30.3 Å². The highest BCUT2D eigenvalue weighted by Gasteiger charge is 1.91. The van der Waals surface area contributed by atoms with E-state index in [-0.39, 0.29) is 5.97 Å². The van der Waals surface area contributed by atoms with E-state index in [4.69, 9.17) is 9.84 Å². The minimum Gasteiger partial charge on any atom is -0.508 e. The van der Waals surface area contributed by atoms with E-state index in [1.165, 1.54) is 26.2 Å². The third kappa shape index (κ3) is 12.4. The normalized spacial score (nSPS) is 9.06. The molecule has 0 aromatic heterocycles. The molecule has 96 valence electrons. The molecule has 0 saturated carbocycles. The monoisotopic (exact) mass is 238 g/mol. The Kier molecular flexibility index (Phi) is 10.0. The first-order valence-electron chi connectivity index (χ1n) is 6.04. The number of hydrogen-bond donors (Lipinski definition) is 1. The zero-order valence-corrected chi connectivity index (χ0v) is 10.7. The fraction of sp³-hybridized carbons (Fsp3) is 0.500. The van der Waals surface area contributed by atoms with Gasteiger partial charge >= 0.3 is 5.97 Å². The number of benzene rings is 1. The molecule has 0 heterocycles. The minimum absolute atomic E-state index is 0.170. The fourth-order valence-corrected chi connectivity index (χ4v) is 1.17. The van der Waals surface area contributed by atoms with E-state index in [1.54, 1.807) is 24.3 Å². The van der Waals surface area contributed by atoms with Crippen molar-refractivity contribution >= 4 is 5.97 Å². The minimum atomic E-state index is -0.170. The van der Waals surface area contributed by atoms with Crippen LogP contribution in [0.3, 0.4) is 0 Å². The molecule has 0 unspecified atom stereocenters. The summed E-state index contributed by atoms with van der Waals surface area (Å²) in [7, 11) is 0. The van der Waals surface area contributed by atoms with E-state index in [0.717, 1.165) is 6.42 Å². The van der Waals surface area contributed by atoms with Gasteiger partial charge in [-0.2, -0.15) is 0 Å². The second-order valence-corrected chi connectivity index (χ2v) is 3.74. The third-order valence-corrected chi connectivity index (χ3v) is 2.06. The molecule has 1 aromatic rings. The lowest BCUT2D eigenvalue weighted by Gasteiger charge is -1.99. The van der Waals surface area contributed by atoms with Crippen molar-refractivity contribution in [2.24, 2.45) is 0 Å². The summed E-state index contributed by atoms with van der Waals surface area (Å²) in [6.45, 7) is 4.20. The lowest BCUT2D eigenvalue weighted by atomic mass is 10.2. The standard InChI is InChI=1S/C8H16O2.C6H6O/c1-3-4-5-6-7-10-8(2)9;7-6-4-2-1-3-5-6/h3-7H2,1-2H3;1-5,7H. The van der Waals surface area contributed by atoms with E-state index < -0.39 is 0 Å². The summed E-state index contributed by atoms with van der Waals surface area (Å²) in [5, 5.41) is 8.63. The average molecular weight is 238 g/mol. The van der Waals surface area contributed by atoms with Crippen LogP contribution in [0.1, 0.15) is 39.5 Å². The Bertz CT molecular complexity index is 283. The van der Waals surface area contributed by atoms with Crippen molar-refractivity contribution in [3.63, 3.8) is 0 Å². The van der Waals surface area contributed by atoms with Gasteiger partial charge < -0.3 is 9.84 Å². The van der Waals surface area contributed by atoms with Gasteiger partial charge in [-0.1, -0.05) is 44.4 Å². The molecule has 17 heavy (non-hydrogen) atoms. The molecule has 0 aliphatic carbocycles. The van der Waals surface area contributed by atoms with Crippen molar-refractivity contribution in [3.8, 4) is 5.75 Å². The fourth-order valence-electron chi connectivity index (χ4n) is 1.17. The van der Waals surface area contributed by atoms with Crippen LogP contribution in [0.15, 0.2) is 30.3 Å². The van der Waals surface area contributed by atoms with E-state index in [9.17, 15) is 4.79 Å². The van der Waals surface area contributed by atoms with Crippen LogP contribution in [0.5, 0.6) is 5.75 Å². The summed E-state index contributed by atoms with van der Waals surface area (Å²) in [5.41, 5.74) is 0. The van der Waals surface area contributed by atoms with Gasteiger partial charge in [0, 0.05) is 6.92 Å². The number of hydrogen-bond acceptors (Lipinski definition) is 3. The van der Waals surface area contributed by atoms with Crippen LogP contribution in [0.25, 0.3) is 0 Å². The molecule has 1 aromatic carbocycles. The molecule has 0 saturated heterocycles. The van der Waals surface area contributed by atoms with Crippen molar-refractivity contribution in [2.45, 2.75) is 39.5 Å². The van der Waals surface area contributed by atoms with Crippen molar-refractivity contribution in [1.29, 1.82) is 0 Å². The quantitative estimate of drug-likeness (QED) is 0.630. The molecule has 3 nitrogen and oxygen atoms in total. The third-order valence-electron chi connectivity index (χ3n) is 2.06. The van der Waals surface area contributed by atoms with Crippen LogP contribution < -0.4 is 0 Å². The van der Waals surface area contributed by atoms with Gasteiger partial charge in [-0.25, -0.2) is 0 Å². The molecule has 0 radical (unpaired) electrons. The van der Waals surface area contributed by atoms with Gasteiger partial charge in [0.05, 0.1) is 6.61 Å². The Balaban J connectivity index is 0.000000318. The first kappa shape index (κ1) is 15.5. The largest absolute Gasteiger partial charge is 0.508 e. The molecule has 0 atom stereocenters. The maximum atomic E-state index is 10.3. The number of ether oxygens (including phenoxy) is 1. The summed E-state index contributed by atoms with van der Waals surface area (Å²) >= 11 is 0. The maximum Gasteiger partial charge on any atom is 0.302 e. The van der Waals surface area contributed by atoms with Crippen LogP contribution in [0, 0.1) is 0 Å². The van der Waals surface area contributed by atoms with Crippen LogP contribution in [-0.4, -0.2) is 17.7 Å². The zero-order valence-electron chi connectivity index (χ0n) is 10.7. The lowest BCUT2D eigenvalue weighted by molar-refractivity contribution is -0.141. The average Bonchev–Trinajstić information content (AvgIpc) is 2.30. The smallest absolute Gasteiger partial charge is 0.302 e. The van der Waals surface area contributed by atoms with Crippen LogP contribution in [0.2, 0.25) is 0 Å². The van der Waals surface area contributed by atoms with Crippen molar-refractivity contribution in [1.82, 2.24) is 0 Å². The first-order valence-corrected chi connectivity index (χ1v) is 6.04. The Morgan fingerprint density at radius 1 is 1.18 bits per heavy atom. The van der Waals surface area contributed by atoms with Gasteiger partial charge in [-0.3, -0.25) is 4.79 Å². The number of carbonyl (C=O) groups excluding carboxylic acids is 1. The van der Waals surface area contributed by atoms with E-state index >= 15 is 0 Å². The van der Waals surface area contributed by atoms with Gasteiger partial charge in [-0.05, 0) is 18.6 Å². The van der Waals surface area contributed by atoms with Gasteiger partial charge in [0.15, 0.2) is 0 Å². The van der Waals surface area contributed by atoms with E-state index in [1.807, 2.05) is 6.07 Å². The summed E-state index contributed by atoms with van der Waals surface area (Å²) in [4.78, 5) is 10.3. The van der Waals surface area contributed by atoms with Crippen LogP contribution in [0.4, 0.5) is 0 Å². The molecule has 0 fully saturated rings. The molecule has 0 bridgehead atoms. The van der Waals surface area contributed by atoms with Gasteiger partial charge in [0.1, 0.15) is 5.75 Å². The second kappa shape index (κ2) is 11.0. The first-order chi connectivity index (χ1) is 8.16. The number of carbonyl (C=O) groups is 1. The number of para-hydroxylation sites is 1. The zero-order chi connectivity index (χ0) is 12.9. The van der Waals surface area contributed by atoms with Crippen molar-refractivity contribution < 1.29 is 14.6 Å². The molecule has 0 aliphatic heterocycles. The van der Waals surface area contributed by atoms with Gasteiger partial charge in [0.25, 0.3) is 0 Å². The van der Waals surface area contributed by atoms with Crippen LogP contribution in [-0.2, 0) is 9.53 Å². The summed E-state index contributed by atoms with van der Waals surface area (Å²) < 4.78 is 4.75. The lowest BCUT2D eigenvalue weighted by Crippen LogP contribution is -1.99. The molecular weight excluding hydrogens is 216 g/mol. The number of unbranched alkanes of at least 4 members (excludes halogenated alkanes) is 3. The molecule has 0 aliphatic rings. The predicted molar refractivity (Wildman–Crippen MR) is 68.9 cm³/mol. The number of phenolic OH excluding ortho intramolecular Hbond substituents is 1.